The van der Waals surface area contributed by atoms with Crippen molar-refractivity contribution in [3.8, 4) is 22.3 Å². The Morgan fingerprint density at radius 1 is 0.636 bits per heavy atom. The van der Waals surface area contributed by atoms with Gasteiger partial charge in [0.15, 0.2) is 0 Å². The van der Waals surface area contributed by atoms with E-state index < -0.39 is 0 Å². The van der Waals surface area contributed by atoms with Crippen molar-refractivity contribution in [1.82, 2.24) is 9.38 Å². The lowest BCUT2D eigenvalue weighted by molar-refractivity contribution is 1.14. The van der Waals surface area contributed by atoms with Gasteiger partial charge in [0, 0.05) is 22.0 Å². The molecule has 2 heteroatoms. The van der Waals surface area contributed by atoms with Crippen LogP contribution in [0.2, 0.25) is 0 Å². The van der Waals surface area contributed by atoms with E-state index in [0.717, 1.165) is 24.2 Å². The molecule has 2 aliphatic carbocycles. The van der Waals surface area contributed by atoms with E-state index in [1.165, 1.54) is 71.9 Å². The molecule has 0 spiro atoms. The number of nitrogens with zero attached hydrogens (tertiary/aromatic N) is 2. The van der Waals surface area contributed by atoms with Crippen molar-refractivity contribution in [1.29, 1.82) is 0 Å². The van der Waals surface area contributed by atoms with Crippen LogP contribution >= 0.6 is 0 Å². The second-order valence-corrected chi connectivity index (χ2v) is 9.62. The summed E-state index contributed by atoms with van der Waals surface area (Å²) in [6, 6.07) is 27.1. The van der Waals surface area contributed by atoms with Crippen LogP contribution in [0.1, 0.15) is 33.6 Å². The summed E-state index contributed by atoms with van der Waals surface area (Å²) in [5.41, 5.74) is 16.3. The number of aromatic nitrogens is 2. The highest BCUT2D eigenvalue weighted by Gasteiger charge is 2.30. The summed E-state index contributed by atoms with van der Waals surface area (Å²) >= 11 is 0. The van der Waals surface area contributed by atoms with E-state index in [9.17, 15) is 0 Å². The van der Waals surface area contributed by atoms with Crippen molar-refractivity contribution in [3.05, 3.63) is 106 Å². The zero-order valence-corrected chi connectivity index (χ0v) is 18.7. The predicted molar refractivity (Wildman–Crippen MR) is 136 cm³/mol. The lowest BCUT2D eigenvalue weighted by atomic mass is 9.94. The smallest absolute Gasteiger partial charge is 0.145 e. The summed E-state index contributed by atoms with van der Waals surface area (Å²) in [6.07, 6.45) is 2.05. The van der Waals surface area contributed by atoms with E-state index >= 15 is 0 Å². The largest absolute Gasteiger partial charge is 0.295 e. The standard InChI is InChI=1S/C31H22N2/c1-17-18(2)33-30-25(23-9-5-6-10-26(23)31(33)32-17)14-12-21-16-27-24(29(21)30)13-11-20-15-19-7-3-4-8-22(19)28(20)27/h3-14H,15-16H2,1-2H3. The van der Waals surface area contributed by atoms with Crippen LogP contribution in [0.5, 0.6) is 0 Å². The monoisotopic (exact) mass is 422 g/mol. The summed E-state index contributed by atoms with van der Waals surface area (Å²) in [5, 5.41) is 3.82. The Morgan fingerprint density at radius 3 is 2.30 bits per heavy atom. The van der Waals surface area contributed by atoms with Crippen molar-refractivity contribution >= 4 is 27.3 Å². The lowest BCUT2D eigenvalue weighted by Crippen LogP contribution is -1.96. The Kier molecular flexibility index (Phi) is 3.15. The molecule has 0 saturated heterocycles. The van der Waals surface area contributed by atoms with Gasteiger partial charge in [-0.15, -0.1) is 0 Å². The highest BCUT2D eigenvalue weighted by Crippen LogP contribution is 2.50. The van der Waals surface area contributed by atoms with Crippen molar-refractivity contribution in [2.75, 3.05) is 0 Å². The van der Waals surface area contributed by atoms with Gasteiger partial charge >= 0.3 is 0 Å². The minimum absolute atomic E-state index is 0.999. The van der Waals surface area contributed by atoms with Crippen molar-refractivity contribution in [3.63, 3.8) is 0 Å². The van der Waals surface area contributed by atoms with Gasteiger partial charge < -0.3 is 0 Å². The minimum atomic E-state index is 0.999. The van der Waals surface area contributed by atoms with E-state index in [1.54, 1.807) is 0 Å². The fourth-order valence-corrected chi connectivity index (χ4v) is 6.42. The summed E-state index contributed by atoms with van der Waals surface area (Å²) < 4.78 is 2.42. The van der Waals surface area contributed by atoms with Crippen LogP contribution < -0.4 is 0 Å². The number of hydrogen-bond acceptors (Lipinski definition) is 1. The first-order chi connectivity index (χ1) is 16.2. The molecule has 0 radical (unpaired) electrons. The number of hydrogen-bond donors (Lipinski definition) is 0. The average molecular weight is 423 g/mol. The third kappa shape index (κ3) is 2.07. The molecule has 0 unspecified atom stereocenters. The average Bonchev–Trinajstić information content (AvgIpc) is 3.50. The van der Waals surface area contributed by atoms with Crippen molar-refractivity contribution < 1.29 is 0 Å². The second kappa shape index (κ2) is 5.90. The van der Waals surface area contributed by atoms with E-state index in [4.69, 9.17) is 4.98 Å². The van der Waals surface area contributed by atoms with Gasteiger partial charge in [0.2, 0.25) is 0 Å². The first-order valence-electron chi connectivity index (χ1n) is 11.8. The van der Waals surface area contributed by atoms with Crippen LogP contribution in [-0.4, -0.2) is 9.38 Å². The van der Waals surface area contributed by atoms with Crippen molar-refractivity contribution in [2.24, 2.45) is 0 Å². The van der Waals surface area contributed by atoms with E-state index in [-0.39, 0.29) is 0 Å². The van der Waals surface area contributed by atoms with E-state index in [2.05, 4.69) is 91.0 Å². The van der Waals surface area contributed by atoms with Gasteiger partial charge in [-0.05, 0) is 71.0 Å². The van der Waals surface area contributed by atoms with Gasteiger partial charge in [0.25, 0.3) is 0 Å². The van der Waals surface area contributed by atoms with Gasteiger partial charge in [0.1, 0.15) is 5.65 Å². The summed E-state index contributed by atoms with van der Waals surface area (Å²) in [4.78, 5) is 5.02. The third-order valence-electron chi connectivity index (χ3n) is 7.99. The highest BCUT2D eigenvalue weighted by atomic mass is 15.0. The minimum Gasteiger partial charge on any atom is -0.295 e. The van der Waals surface area contributed by atoms with Gasteiger partial charge in [-0.25, -0.2) is 4.98 Å². The second-order valence-electron chi connectivity index (χ2n) is 9.62. The number of benzene rings is 4. The Balaban J connectivity index is 1.56. The molecular formula is C31H22N2. The number of aryl methyl sites for hydroxylation is 2. The third-order valence-corrected chi connectivity index (χ3v) is 7.99. The highest BCUT2D eigenvalue weighted by molar-refractivity contribution is 6.16. The molecule has 0 atom stereocenters. The summed E-state index contributed by atoms with van der Waals surface area (Å²) in [5.74, 6) is 0. The first-order valence-corrected chi connectivity index (χ1v) is 11.8. The van der Waals surface area contributed by atoms with E-state index in [0.29, 0.717) is 0 Å². The normalized spacial score (nSPS) is 13.5. The molecule has 2 nitrogen and oxygen atoms in total. The molecule has 0 saturated carbocycles. The predicted octanol–water partition coefficient (Wildman–Crippen LogP) is 7.40. The zero-order valence-electron chi connectivity index (χ0n) is 18.7. The molecule has 156 valence electrons. The Hall–Kier alpha value is -3.91. The molecule has 0 aliphatic heterocycles. The Labute approximate surface area is 192 Å². The molecule has 4 aromatic carbocycles. The molecule has 0 amide bonds. The summed E-state index contributed by atoms with van der Waals surface area (Å²) in [7, 11) is 0. The molecule has 0 N–H and O–H groups in total. The van der Waals surface area contributed by atoms with Gasteiger partial charge in [-0.2, -0.15) is 0 Å². The quantitative estimate of drug-likeness (QED) is 0.233. The van der Waals surface area contributed by atoms with Crippen LogP contribution in [-0.2, 0) is 12.8 Å². The van der Waals surface area contributed by atoms with Gasteiger partial charge in [-0.1, -0.05) is 72.8 Å². The summed E-state index contributed by atoms with van der Waals surface area (Å²) in [6.45, 7) is 4.33. The fraction of sp³-hybridized carbons (Fsp3) is 0.129. The topological polar surface area (TPSA) is 17.3 Å². The maximum atomic E-state index is 5.02. The number of pyridine rings is 1. The molecule has 6 aromatic rings. The van der Waals surface area contributed by atoms with Crippen LogP contribution in [0.3, 0.4) is 0 Å². The Bertz CT molecular complexity index is 1830. The van der Waals surface area contributed by atoms with Crippen LogP contribution in [0.25, 0.3) is 49.6 Å². The SMILES string of the molecule is Cc1nc2c3ccccc3c3ccc4c(c3n2c1C)-c1ccc2c(c1C4)-c1ccccc1C2. The zero-order chi connectivity index (χ0) is 21.8. The molecule has 2 aromatic heterocycles. The molecule has 33 heavy (non-hydrogen) atoms. The molecular weight excluding hydrogens is 400 g/mol. The maximum Gasteiger partial charge on any atom is 0.145 e. The van der Waals surface area contributed by atoms with Crippen molar-refractivity contribution in [2.45, 2.75) is 26.7 Å². The maximum absolute atomic E-state index is 5.02. The molecule has 2 heterocycles. The molecule has 0 fully saturated rings. The number of rotatable bonds is 0. The van der Waals surface area contributed by atoms with Crippen LogP contribution in [0.4, 0.5) is 0 Å². The molecule has 0 bridgehead atoms. The molecule has 8 rings (SSSR count). The lowest BCUT2D eigenvalue weighted by Gasteiger charge is -2.14. The van der Waals surface area contributed by atoms with Gasteiger partial charge in [0.05, 0.1) is 11.2 Å². The number of fused-ring (bicyclic) bond motifs is 14. The van der Waals surface area contributed by atoms with Crippen LogP contribution in [0, 0.1) is 13.8 Å². The molecule has 2 aliphatic rings. The van der Waals surface area contributed by atoms with Gasteiger partial charge in [-0.3, -0.25) is 4.40 Å². The number of imidazole rings is 1. The Morgan fingerprint density at radius 2 is 1.39 bits per heavy atom. The van der Waals surface area contributed by atoms with Crippen LogP contribution in [0.15, 0.2) is 72.8 Å². The first kappa shape index (κ1) is 17.6. The van der Waals surface area contributed by atoms with E-state index in [1.807, 2.05) is 0 Å². The fourth-order valence-electron chi connectivity index (χ4n) is 6.42.